The molecule has 0 radical (unpaired) electrons. The lowest BCUT2D eigenvalue weighted by Gasteiger charge is -2.32. The first-order valence-electron chi connectivity index (χ1n) is 10.3. The van der Waals surface area contributed by atoms with Crippen molar-refractivity contribution < 1.29 is 9.53 Å². The average molecular weight is 393 g/mol. The van der Waals surface area contributed by atoms with Crippen LogP contribution in [0.25, 0.3) is 10.8 Å². The zero-order valence-electron chi connectivity index (χ0n) is 17.5. The highest BCUT2D eigenvalue weighted by Gasteiger charge is 2.28. The number of piperidine rings is 1. The molecule has 0 saturated carbocycles. The molecule has 0 bridgehead atoms. The number of carbonyl (C=O) groups excluding carboxylic acids is 1. The Morgan fingerprint density at radius 2 is 2.14 bits per heavy atom. The van der Waals surface area contributed by atoms with Crippen molar-refractivity contribution in [3.63, 3.8) is 0 Å². The van der Waals surface area contributed by atoms with E-state index in [1.54, 1.807) is 7.11 Å². The summed E-state index contributed by atoms with van der Waals surface area (Å²) in [5, 5.41) is 9.48. The summed E-state index contributed by atoms with van der Waals surface area (Å²) in [4.78, 5) is 19.6. The number of benzene rings is 1. The molecule has 1 saturated heterocycles. The standard InChI is InChI=1S/C23H28N4O2/c1-14(2)19-11-21(26-25-19)23(28)27-9-5-6-17(13-27)20-10-18-15(3)22(29-4)8-7-16(18)12-24-20/h7-8,10-12,14,17H,5-6,9,13H2,1-4H3,(H,25,26)/t17-/m0/s1. The SMILES string of the molecule is COc1ccc2cnc([C@H]3CCCN(C(=O)c4cc(C(C)C)[nH]n4)C3)cc2c1C. The maximum atomic E-state index is 13.0. The molecule has 1 N–H and O–H groups in total. The predicted molar refractivity (Wildman–Crippen MR) is 114 cm³/mol. The summed E-state index contributed by atoms with van der Waals surface area (Å²) < 4.78 is 5.47. The number of aromatic nitrogens is 3. The number of hydrogen-bond acceptors (Lipinski definition) is 4. The lowest BCUT2D eigenvalue weighted by atomic mass is 9.92. The van der Waals surface area contributed by atoms with E-state index in [1.807, 2.05) is 29.3 Å². The second-order valence-corrected chi connectivity index (χ2v) is 8.18. The van der Waals surface area contributed by atoms with Gasteiger partial charge in [-0.3, -0.25) is 14.9 Å². The van der Waals surface area contributed by atoms with E-state index in [2.05, 4.69) is 37.0 Å². The van der Waals surface area contributed by atoms with Gasteiger partial charge in [-0.25, -0.2) is 0 Å². The number of ether oxygens (including phenoxy) is 1. The lowest BCUT2D eigenvalue weighted by Crippen LogP contribution is -2.39. The molecule has 0 aliphatic carbocycles. The van der Waals surface area contributed by atoms with Crippen molar-refractivity contribution in [3.05, 3.63) is 53.1 Å². The zero-order chi connectivity index (χ0) is 20.5. The van der Waals surface area contributed by atoms with Gasteiger partial charge in [-0.1, -0.05) is 13.8 Å². The number of rotatable bonds is 4. The van der Waals surface area contributed by atoms with Gasteiger partial charge in [-0.15, -0.1) is 0 Å². The van der Waals surface area contributed by atoms with Crippen molar-refractivity contribution in [2.75, 3.05) is 20.2 Å². The van der Waals surface area contributed by atoms with E-state index in [9.17, 15) is 4.79 Å². The maximum Gasteiger partial charge on any atom is 0.274 e. The Kier molecular flexibility index (Phi) is 5.26. The second kappa shape index (κ2) is 7.85. The molecular weight excluding hydrogens is 364 g/mol. The van der Waals surface area contributed by atoms with Gasteiger partial charge in [0.15, 0.2) is 0 Å². The number of hydrogen-bond donors (Lipinski definition) is 1. The Morgan fingerprint density at radius 3 is 2.86 bits per heavy atom. The molecular formula is C23H28N4O2. The smallest absolute Gasteiger partial charge is 0.274 e. The van der Waals surface area contributed by atoms with E-state index >= 15 is 0 Å². The molecule has 0 spiro atoms. The molecule has 1 atom stereocenters. The van der Waals surface area contributed by atoms with Gasteiger partial charge in [0.05, 0.1) is 7.11 Å². The number of nitrogens with one attached hydrogen (secondary N) is 1. The van der Waals surface area contributed by atoms with E-state index in [0.717, 1.165) is 52.9 Å². The molecule has 1 amide bonds. The zero-order valence-corrected chi connectivity index (χ0v) is 17.5. The number of aromatic amines is 1. The quantitative estimate of drug-likeness (QED) is 0.713. The molecule has 2 aromatic heterocycles. The third-order valence-corrected chi connectivity index (χ3v) is 5.93. The minimum Gasteiger partial charge on any atom is -0.496 e. The molecule has 6 heteroatoms. The number of carbonyl (C=O) groups is 1. The summed E-state index contributed by atoms with van der Waals surface area (Å²) in [7, 11) is 1.70. The first-order valence-corrected chi connectivity index (χ1v) is 10.3. The molecule has 1 aromatic carbocycles. The van der Waals surface area contributed by atoms with Crippen LogP contribution in [0.3, 0.4) is 0 Å². The van der Waals surface area contributed by atoms with Gasteiger partial charge >= 0.3 is 0 Å². The van der Waals surface area contributed by atoms with Crippen LogP contribution in [0.1, 0.15) is 66.0 Å². The van der Waals surface area contributed by atoms with Gasteiger partial charge in [-0.2, -0.15) is 5.10 Å². The number of likely N-dealkylation sites (tertiary alicyclic amines) is 1. The van der Waals surface area contributed by atoms with Crippen LogP contribution in [0.5, 0.6) is 5.75 Å². The van der Waals surface area contributed by atoms with Gasteiger partial charge in [0, 0.05) is 42.0 Å². The van der Waals surface area contributed by atoms with Gasteiger partial charge in [0.25, 0.3) is 5.91 Å². The van der Waals surface area contributed by atoms with Crippen molar-refractivity contribution in [3.8, 4) is 5.75 Å². The summed E-state index contributed by atoms with van der Waals surface area (Å²) >= 11 is 0. The van der Waals surface area contributed by atoms with Crippen LogP contribution in [0.2, 0.25) is 0 Å². The number of aryl methyl sites for hydroxylation is 1. The highest BCUT2D eigenvalue weighted by atomic mass is 16.5. The van der Waals surface area contributed by atoms with Gasteiger partial charge < -0.3 is 9.64 Å². The summed E-state index contributed by atoms with van der Waals surface area (Å²) in [6.07, 6.45) is 3.93. The molecule has 152 valence electrons. The third-order valence-electron chi connectivity index (χ3n) is 5.93. The fraction of sp³-hybridized carbons (Fsp3) is 0.435. The Balaban J connectivity index is 1.57. The van der Waals surface area contributed by atoms with Crippen molar-refractivity contribution in [2.24, 2.45) is 0 Å². The van der Waals surface area contributed by atoms with Crippen molar-refractivity contribution in [2.45, 2.75) is 45.4 Å². The summed E-state index contributed by atoms with van der Waals surface area (Å²) in [6.45, 7) is 7.68. The van der Waals surface area contributed by atoms with E-state index in [-0.39, 0.29) is 11.8 Å². The van der Waals surface area contributed by atoms with Gasteiger partial charge in [-0.05, 0) is 60.9 Å². The fourth-order valence-electron chi connectivity index (χ4n) is 4.11. The Labute approximate surface area is 171 Å². The topological polar surface area (TPSA) is 71.1 Å². The molecule has 1 aliphatic rings. The average Bonchev–Trinajstić information content (AvgIpc) is 3.24. The Bertz CT molecular complexity index is 1040. The Hall–Kier alpha value is -2.89. The van der Waals surface area contributed by atoms with Crippen molar-refractivity contribution in [1.82, 2.24) is 20.1 Å². The lowest BCUT2D eigenvalue weighted by molar-refractivity contribution is 0.0700. The molecule has 1 aliphatic heterocycles. The van der Waals surface area contributed by atoms with Crippen molar-refractivity contribution in [1.29, 1.82) is 0 Å². The molecule has 29 heavy (non-hydrogen) atoms. The van der Waals surface area contributed by atoms with E-state index in [1.165, 1.54) is 0 Å². The summed E-state index contributed by atoms with van der Waals surface area (Å²) in [5.41, 5.74) is 3.65. The van der Waals surface area contributed by atoms with Crippen LogP contribution in [-0.2, 0) is 0 Å². The number of H-pyrrole nitrogens is 1. The normalized spacial score (nSPS) is 17.1. The fourth-order valence-corrected chi connectivity index (χ4v) is 4.11. The largest absolute Gasteiger partial charge is 0.496 e. The first kappa shape index (κ1) is 19.4. The number of nitrogens with zero attached hydrogens (tertiary/aromatic N) is 3. The van der Waals surface area contributed by atoms with Gasteiger partial charge in [0.2, 0.25) is 0 Å². The molecule has 3 heterocycles. The van der Waals surface area contributed by atoms with E-state index in [0.29, 0.717) is 18.2 Å². The molecule has 1 fully saturated rings. The van der Waals surface area contributed by atoms with Gasteiger partial charge in [0.1, 0.15) is 11.4 Å². The van der Waals surface area contributed by atoms with Crippen LogP contribution in [0.4, 0.5) is 0 Å². The highest BCUT2D eigenvalue weighted by Crippen LogP contribution is 2.32. The highest BCUT2D eigenvalue weighted by molar-refractivity contribution is 5.92. The van der Waals surface area contributed by atoms with Crippen molar-refractivity contribution >= 4 is 16.7 Å². The number of amides is 1. The summed E-state index contributed by atoms with van der Waals surface area (Å²) in [6, 6.07) is 8.06. The van der Waals surface area contributed by atoms with E-state index < -0.39 is 0 Å². The number of pyridine rings is 1. The first-order chi connectivity index (χ1) is 14.0. The second-order valence-electron chi connectivity index (χ2n) is 8.18. The number of methoxy groups -OCH3 is 1. The van der Waals surface area contributed by atoms with Crippen LogP contribution in [0, 0.1) is 6.92 Å². The Morgan fingerprint density at radius 1 is 1.31 bits per heavy atom. The monoisotopic (exact) mass is 392 g/mol. The minimum atomic E-state index is -0.00325. The van der Waals surface area contributed by atoms with Crippen LogP contribution in [-0.4, -0.2) is 46.2 Å². The third kappa shape index (κ3) is 3.71. The van der Waals surface area contributed by atoms with Crippen LogP contribution >= 0.6 is 0 Å². The predicted octanol–water partition coefficient (Wildman–Crippen LogP) is 4.42. The molecule has 4 rings (SSSR count). The number of fused-ring (bicyclic) bond motifs is 1. The molecule has 0 unspecified atom stereocenters. The summed E-state index contributed by atoms with van der Waals surface area (Å²) in [5.74, 6) is 1.43. The molecule has 3 aromatic rings. The molecule has 6 nitrogen and oxygen atoms in total. The van der Waals surface area contributed by atoms with Crippen LogP contribution < -0.4 is 4.74 Å². The van der Waals surface area contributed by atoms with Crippen LogP contribution in [0.15, 0.2) is 30.5 Å². The van der Waals surface area contributed by atoms with E-state index in [4.69, 9.17) is 9.72 Å². The minimum absolute atomic E-state index is 0.00325. The maximum absolute atomic E-state index is 13.0.